The number of benzene rings is 3. The number of aromatic nitrogens is 1. The number of carbonyl (C=O) groups is 1. The van der Waals surface area contributed by atoms with Crippen molar-refractivity contribution in [2.45, 2.75) is 66.2 Å². The lowest BCUT2D eigenvalue weighted by Crippen LogP contribution is -2.10. The van der Waals surface area contributed by atoms with Crippen molar-refractivity contribution >= 4 is 28.1 Å². The molecule has 4 rings (SSSR count). The SMILES string of the molecule is Cc1cc(-n2c3ccc(C(C)(C)C)cc3c3cc(C(C)(C)C)ccc32)cc(C)c1C=O. The van der Waals surface area contributed by atoms with Crippen LogP contribution in [0.15, 0.2) is 48.5 Å². The van der Waals surface area contributed by atoms with Gasteiger partial charge in [0.25, 0.3) is 0 Å². The zero-order chi connectivity index (χ0) is 22.7. The molecule has 160 valence electrons. The minimum Gasteiger partial charge on any atom is -0.309 e. The molecule has 0 saturated heterocycles. The standard InChI is InChI=1S/C29H33NO/c1-18-13-22(14-19(2)25(18)17-31)30-26-11-9-20(28(3,4)5)15-23(26)24-16-21(29(6,7)8)10-12-27(24)30/h9-17H,1-8H3. The van der Waals surface area contributed by atoms with Crippen molar-refractivity contribution in [3.8, 4) is 5.69 Å². The van der Waals surface area contributed by atoms with Gasteiger partial charge in [0, 0.05) is 22.0 Å². The second-order valence-corrected chi connectivity index (χ2v) is 10.9. The van der Waals surface area contributed by atoms with Crippen molar-refractivity contribution < 1.29 is 4.79 Å². The van der Waals surface area contributed by atoms with Gasteiger partial charge in [-0.15, -0.1) is 0 Å². The third-order valence-corrected chi connectivity index (χ3v) is 6.45. The van der Waals surface area contributed by atoms with Gasteiger partial charge in [-0.05, 0) is 83.3 Å². The van der Waals surface area contributed by atoms with E-state index in [1.54, 1.807) is 0 Å². The largest absolute Gasteiger partial charge is 0.309 e. The Morgan fingerprint density at radius 3 is 1.45 bits per heavy atom. The summed E-state index contributed by atoms with van der Waals surface area (Å²) in [7, 11) is 0. The highest BCUT2D eigenvalue weighted by molar-refractivity contribution is 6.10. The molecule has 0 spiro atoms. The molecule has 0 aliphatic rings. The average molecular weight is 412 g/mol. The highest BCUT2D eigenvalue weighted by atomic mass is 16.1. The molecule has 4 aromatic rings. The van der Waals surface area contributed by atoms with Crippen LogP contribution in [0.1, 0.15) is 74.2 Å². The molecule has 0 bridgehead atoms. The number of aryl methyl sites for hydroxylation is 2. The number of aldehydes is 1. The van der Waals surface area contributed by atoms with E-state index in [-0.39, 0.29) is 10.8 Å². The number of nitrogens with zero attached hydrogens (tertiary/aromatic N) is 1. The van der Waals surface area contributed by atoms with Crippen LogP contribution >= 0.6 is 0 Å². The van der Waals surface area contributed by atoms with Crippen LogP contribution in [0.4, 0.5) is 0 Å². The van der Waals surface area contributed by atoms with E-state index in [2.05, 4.69) is 94.6 Å². The molecule has 0 N–H and O–H groups in total. The van der Waals surface area contributed by atoms with Crippen molar-refractivity contribution in [2.24, 2.45) is 0 Å². The Morgan fingerprint density at radius 1 is 0.677 bits per heavy atom. The van der Waals surface area contributed by atoms with Gasteiger partial charge in [-0.1, -0.05) is 53.7 Å². The van der Waals surface area contributed by atoms with Gasteiger partial charge < -0.3 is 4.57 Å². The molecule has 0 atom stereocenters. The molecule has 1 heterocycles. The van der Waals surface area contributed by atoms with E-state index in [4.69, 9.17) is 0 Å². The summed E-state index contributed by atoms with van der Waals surface area (Å²) in [5, 5.41) is 2.56. The summed E-state index contributed by atoms with van der Waals surface area (Å²) < 4.78 is 2.35. The Morgan fingerprint density at radius 2 is 1.10 bits per heavy atom. The lowest BCUT2D eigenvalue weighted by molar-refractivity contribution is 0.112. The summed E-state index contributed by atoms with van der Waals surface area (Å²) in [5.74, 6) is 0. The molecule has 0 amide bonds. The Labute approximate surface area is 185 Å². The molecule has 2 heteroatoms. The van der Waals surface area contributed by atoms with E-state index >= 15 is 0 Å². The maximum absolute atomic E-state index is 11.5. The van der Waals surface area contributed by atoms with E-state index in [0.717, 1.165) is 28.7 Å². The van der Waals surface area contributed by atoms with Gasteiger partial charge in [-0.2, -0.15) is 0 Å². The number of rotatable bonds is 2. The smallest absolute Gasteiger partial charge is 0.150 e. The van der Waals surface area contributed by atoms with Crippen LogP contribution in [-0.2, 0) is 10.8 Å². The molecule has 2 nitrogen and oxygen atoms in total. The third kappa shape index (κ3) is 3.59. The number of carbonyl (C=O) groups excluding carboxylic acids is 1. The summed E-state index contributed by atoms with van der Waals surface area (Å²) >= 11 is 0. The summed E-state index contributed by atoms with van der Waals surface area (Å²) in [4.78, 5) is 11.5. The van der Waals surface area contributed by atoms with Gasteiger partial charge in [0.1, 0.15) is 0 Å². The first kappa shape index (κ1) is 21.4. The van der Waals surface area contributed by atoms with E-state index in [9.17, 15) is 4.79 Å². The first-order chi connectivity index (χ1) is 14.4. The first-order valence-electron chi connectivity index (χ1n) is 11.1. The highest BCUT2D eigenvalue weighted by Gasteiger charge is 2.21. The molecule has 31 heavy (non-hydrogen) atoms. The summed E-state index contributed by atoms with van der Waals surface area (Å²) in [6, 6.07) is 18.0. The van der Waals surface area contributed by atoms with Crippen molar-refractivity contribution in [3.63, 3.8) is 0 Å². The Kier molecular flexibility index (Phi) is 4.88. The summed E-state index contributed by atoms with van der Waals surface area (Å²) in [5.41, 5.74) is 9.16. The topological polar surface area (TPSA) is 22.0 Å². The maximum atomic E-state index is 11.5. The van der Waals surface area contributed by atoms with Crippen molar-refractivity contribution in [1.82, 2.24) is 4.57 Å². The minimum atomic E-state index is 0.0863. The van der Waals surface area contributed by atoms with Crippen molar-refractivity contribution in [2.75, 3.05) is 0 Å². The number of fused-ring (bicyclic) bond motifs is 3. The first-order valence-corrected chi connectivity index (χ1v) is 11.1. The molecule has 0 saturated carbocycles. The molecule has 0 aliphatic heterocycles. The van der Waals surface area contributed by atoms with Crippen LogP contribution in [0.2, 0.25) is 0 Å². The molecule has 0 aliphatic carbocycles. The van der Waals surface area contributed by atoms with Crippen LogP contribution in [0.3, 0.4) is 0 Å². The lowest BCUT2D eigenvalue weighted by atomic mass is 9.85. The highest BCUT2D eigenvalue weighted by Crippen LogP contribution is 2.37. The van der Waals surface area contributed by atoms with Gasteiger partial charge in [0.15, 0.2) is 6.29 Å². The molecule has 3 aromatic carbocycles. The predicted octanol–water partition coefficient (Wildman–Crippen LogP) is 7.81. The van der Waals surface area contributed by atoms with Crippen LogP contribution < -0.4 is 0 Å². The molecule has 0 radical (unpaired) electrons. The Balaban J connectivity index is 2.13. The van der Waals surface area contributed by atoms with Crippen LogP contribution in [0, 0.1) is 13.8 Å². The summed E-state index contributed by atoms with van der Waals surface area (Å²) in [6.07, 6.45) is 0.964. The zero-order valence-corrected chi connectivity index (χ0v) is 20.1. The molecular weight excluding hydrogens is 378 g/mol. The van der Waals surface area contributed by atoms with Crippen LogP contribution in [-0.4, -0.2) is 10.9 Å². The second-order valence-electron chi connectivity index (χ2n) is 10.9. The lowest BCUT2D eigenvalue weighted by Gasteiger charge is -2.19. The average Bonchev–Trinajstić information content (AvgIpc) is 2.99. The third-order valence-electron chi connectivity index (χ3n) is 6.45. The molecular formula is C29H33NO. The fourth-order valence-corrected chi connectivity index (χ4v) is 4.50. The fourth-order valence-electron chi connectivity index (χ4n) is 4.50. The Hall–Kier alpha value is -2.87. The normalized spacial score (nSPS) is 12.6. The number of hydrogen-bond acceptors (Lipinski definition) is 1. The van der Waals surface area contributed by atoms with E-state index in [1.807, 2.05) is 13.8 Å². The quantitative estimate of drug-likeness (QED) is 0.308. The van der Waals surface area contributed by atoms with E-state index < -0.39 is 0 Å². The van der Waals surface area contributed by atoms with Gasteiger partial charge in [-0.25, -0.2) is 0 Å². The molecule has 0 fully saturated rings. The van der Waals surface area contributed by atoms with Gasteiger partial charge >= 0.3 is 0 Å². The van der Waals surface area contributed by atoms with Crippen molar-refractivity contribution in [3.05, 3.63) is 76.3 Å². The maximum Gasteiger partial charge on any atom is 0.150 e. The van der Waals surface area contributed by atoms with Crippen LogP contribution in [0.25, 0.3) is 27.5 Å². The van der Waals surface area contributed by atoms with Gasteiger partial charge in [0.05, 0.1) is 11.0 Å². The van der Waals surface area contributed by atoms with E-state index in [0.29, 0.717) is 0 Å². The van der Waals surface area contributed by atoms with Gasteiger partial charge in [0.2, 0.25) is 0 Å². The minimum absolute atomic E-state index is 0.0863. The Bertz CT molecular complexity index is 1230. The monoisotopic (exact) mass is 411 g/mol. The van der Waals surface area contributed by atoms with E-state index in [1.165, 1.54) is 32.9 Å². The molecule has 0 unspecified atom stereocenters. The van der Waals surface area contributed by atoms with Gasteiger partial charge in [-0.3, -0.25) is 4.79 Å². The second kappa shape index (κ2) is 7.09. The number of hydrogen-bond donors (Lipinski definition) is 0. The van der Waals surface area contributed by atoms with Crippen LogP contribution in [0.5, 0.6) is 0 Å². The molecule has 1 aromatic heterocycles. The van der Waals surface area contributed by atoms with Crippen molar-refractivity contribution in [1.29, 1.82) is 0 Å². The summed E-state index contributed by atoms with van der Waals surface area (Å²) in [6.45, 7) is 17.6. The predicted molar refractivity (Wildman–Crippen MR) is 133 cm³/mol. The zero-order valence-electron chi connectivity index (χ0n) is 20.1. The fraction of sp³-hybridized carbons (Fsp3) is 0.345.